The van der Waals surface area contributed by atoms with E-state index in [2.05, 4.69) is 0 Å². The lowest BCUT2D eigenvalue weighted by atomic mass is 9.88. The first kappa shape index (κ1) is 14.1. The number of carbonyl (C=O) groups excluding carboxylic acids is 1. The van der Waals surface area contributed by atoms with Gasteiger partial charge in [0.2, 0.25) is 5.91 Å². The van der Waals surface area contributed by atoms with E-state index in [9.17, 15) is 14.7 Å². The number of amides is 1. The minimum Gasteiger partial charge on any atom is -0.480 e. The molecule has 0 radical (unpaired) electrons. The molecule has 0 spiro atoms. The van der Waals surface area contributed by atoms with Gasteiger partial charge in [-0.15, -0.1) is 0 Å². The number of hydrogen-bond donors (Lipinski definition) is 1. The maximum atomic E-state index is 12.7. The van der Waals surface area contributed by atoms with Gasteiger partial charge in [-0.05, 0) is 44.1 Å². The summed E-state index contributed by atoms with van der Waals surface area (Å²) in [7, 11) is 0. The van der Waals surface area contributed by atoms with E-state index in [1.54, 1.807) is 11.8 Å². The Labute approximate surface area is 124 Å². The molecular formula is C17H21NO3. The molecule has 1 amide bonds. The summed E-state index contributed by atoms with van der Waals surface area (Å²) in [6, 6.07) is 10.0. The molecular weight excluding hydrogens is 266 g/mol. The van der Waals surface area contributed by atoms with Crippen LogP contribution in [0, 0.1) is 5.92 Å². The smallest absolute Gasteiger partial charge is 0.329 e. The van der Waals surface area contributed by atoms with Crippen molar-refractivity contribution < 1.29 is 14.7 Å². The van der Waals surface area contributed by atoms with Crippen LogP contribution >= 0.6 is 0 Å². The molecule has 1 N–H and O–H groups in total. The topological polar surface area (TPSA) is 57.6 Å². The Hall–Kier alpha value is -1.84. The van der Waals surface area contributed by atoms with Crippen LogP contribution in [0.2, 0.25) is 0 Å². The van der Waals surface area contributed by atoms with Gasteiger partial charge in [0, 0.05) is 12.5 Å². The molecule has 1 saturated carbocycles. The molecule has 4 nitrogen and oxygen atoms in total. The Morgan fingerprint density at radius 2 is 1.95 bits per heavy atom. The highest BCUT2D eigenvalue weighted by Crippen LogP contribution is 2.49. The Balaban J connectivity index is 1.75. The van der Waals surface area contributed by atoms with Gasteiger partial charge in [0.25, 0.3) is 0 Å². The fraction of sp³-hybridized carbons (Fsp3) is 0.529. The summed E-state index contributed by atoms with van der Waals surface area (Å²) in [5.74, 6) is -0.635. The first-order chi connectivity index (χ1) is 10.0. The lowest BCUT2D eigenvalue weighted by molar-refractivity contribution is -0.161. The van der Waals surface area contributed by atoms with Gasteiger partial charge in [-0.1, -0.05) is 30.3 Å². The van der Waals surface area contributed by atoms with Crippen molar-refractivity contribution in [3.8, 4) is 0 Å². The molecule has 2 aliphatic rings. The number of carboxylic acid groups (broad SMARTS) is 1. The number of aliphatic carboxylic acids is 1. The number of likely N-dealkylation sites (tertiary alicyclic amines) is 1. The number of carboxylic acids is 1. The van der Waals surface area contributed by atoms with Crippen molar-refractivity contribution in [3.05, 3.63) is 35.9 Å². The summed E-state index contributed by atoms with van der Waals surface area (Å²) < 4.78 is 0. The van der Waals surface area contributed by atoms with Crippen LogP contribution in [0.3, 0.4) is 0 Å². The predicted octanol–water partition coefficient (Wildman–Crippen LogP) is 2.65. The van der Waals surface area contributed by atoms with Crippen LogP contribution in [0.4, 0.5) is 0 Å². The lowest BCUT2D eigenvalue weighted by Gasteiger charge is -2.41. The number of rotatable bonds is 3. The van der Waals surface area contributed by atoms with E-state index in [1.807, 2.05) is 30.3 Å². The molecule has 3 atom stereocenters. The summed E-state index contributed by atoms with van der Waals surface area (Å²) in [5.41, 5.74) is 0.156. The second kappa shape index (κ2) is 5.17. The van der Waals surface area contributed by atoms with Gasteiger partial charge >= 0.3 is 5.97 Å². The van der Waals surface area contributed by atoms with E-state index in [-0.39, 0.29) is 17.7 Å². The lowest BCUT2D eigenvalue weighted by Crippen LogP contribution is -2.58. The summed E-state index contributed by atoms with van der Waals surface area (Å²) in [6.45, 7) is 2.26. The van der Waals surface area contributed by atoms with Gasteiger partial charge in [0.05, 0.1) is 0 Å². The molecule has 112 valence electrons. The van der Waals surface area contributed by atoms with Gasteiger partial charge in [-0.2, -0.15) is 0 Å². The van der Waals surface area contributed by atoms with Crippen molar-refractivity contribution in [2.45, 2.75) is 44.1 Å². The van der Waals surface area contributed by atoms with Gasteiger partial charge < -0.3 is 10.0 Å². The van der Waals surface area contributed by atoms with E-state index in [1.165, 1.54) is 5.56 Å². The quantitative estimate of drug-likeness (QED) is 0.929. The van der Waals surface area contributed by atoms with E-state index in [0.717, 1.165) is 19.3 Å². The molecule has 3 unspecified atom stereocenters. The fourth-order valence-corrected chi connectivity index (χ4v) is 3.43. The highest BCUT2D eigenvalue weighted by molar-refractivity contribution is 5.90. The largest absolute Gasteiger partial charge is 0.480 e. The second-order valence-corrected chi connectivity index (χ2v) is 6.39. The third-order valence-electron chi connectivity index (χ3n) is 4.95. The minimum atomic E-state index is -1.03. The van der Waals surface area contributed by atoms with Crippen LogP contribution in [-0.4, -0.2) is 34.0 Å². The average Bonchev–Trinajstić information content (AvgIpc) is 3.28. The van der Waals surface area contributed by atoms with Crippen molar-refractivity contribution in [2.24, 2.45) is 5.92 Å². The maximum absolute atomic E-state index is 12.7. The van der Waals surface area contributed by atoms with Crippen molar-refractivity contribution in [2.75, 3.05) is 6.54 Å². The molecule has 1 aromatic carbocycles. The summed E-state index contributed by atoms with van der Waals surface area (Å²) in [6.07, 6.45) is 3.17. The number of piperidine rings is 1. The third kappa shape index (κ3) is 2.43. The molecule has 2 fully saturated rings. The van der Waals surface area contributed by atoms with Crippen molar-refractivity contribution in [1.29, 1.82) is 0 Å². The molecule has 4 heteroatoms. The molecule has 1 aromatic rings. The van der Waals surface area contributed by atoms with Crippen molar-refractivity contribution in [1.82, 2.24) is 4.90 Å². The Bertz CT molecular complexity index is 556. The molecule has 1 heterocycles. The van der Waals surface area contributed by atoms with Crippen LogP contribution < -0.4 is 0 Å². The average molecular weight is 287 g/mol. The monoisotopic (exact) mass is 287 g/mol. The molecule has 1 saturated heterocycles. The highest BCUT2D eigenvalue weighted by Gasteiger charge is 2.51. The summed E-state index contributed by atoms with van der Waals surface area (Å²) in [4.78, 5) is 25.9. The standard InChI is InChI=1S/C17H21NO3/c1-17(16(20)21)9-5-6-10-18(17)15(19)14-11-13(14)12-7-3-2-4-8-12/h2-4,7-8,13-14H,5-6,9-11H2,1H3,(H,20,21). The second-order valence-electron chi connectivity index (χ2n) is 6.39. The van der Waals surface area contributed by atoms with Gasteiger partial charge in [-0.25, -0.2) is 4.79 Å². The molecule has 3 rings (SSSR count). The zero-order chi connectivity index (χ0) is 15.0. The Kier molecular flexibility index (Phi) is 3.47. The normalized spacial score (nSPS) is 31.8. The van der Waals surface area contributed by atoms with E-state index >= 15 is 0 Å². The zero-order valence-electron chi connectivity index (χ0n) is 12.3. The van der Waals surface area contributed by atoms with Gasteiger partial charge in [-0.3, -0.25) is 4.79 Å². The SMILES string of the molecule is CC1(C(=O)O)CCCCN1C(=O)C1CC1c1ccccc1. The first-order valence-electron chi connectivity index (χ1n) is 7.64. The third-order valence-corrected chi connectivity index (χ3v) is 4.95. The highest BCUT2D eigenvalue weighted by atomic mass is 16.4. The van der Waals surface area contributed by atoms with Crippen LogP contribution in [0.15, 0.2) is 30.3 Å². The summed E-state index contributed by atoms with van der Waals surface area (Å²) in [5, 5.41) is 9.51. The van der Waals surface area contributed by atoms with Crippen LogP contribution in [-0.2, 0) is 9.59 Å². The molecule has 0 bridgehead atoms. The van der Waals surface area contributed by atoms with Crippen LogP contribution in [0.1, 0.15) is 44.1 Å². The molecule has 0 aromatic heterocycles. The Morgan fingerprint density at radius 1 is 1.24 bits per heavy atom. The number of hydrogen-bond acceptors (Lipinski definition) is 2. The van der Waals surface area contributed by atoms with Gasteiger partial charge in [0.15, 0.2) is 0 Å². The van der Waals surface area contributed by atoms with E-state index in [4.69, 9.17) is 0 Å². The summed E-state index contributed by atoms with van der Waals surface area (Å²) >= 11 is 0. The molecule has 21 heavy (non-hydrogen) atoms. The van der Waals surface area contributed by atoms with Crippen LogP contribution in [0.5, 0.6) is 0 Å². The number of nitrogens with zero attached hydrogens (tertiary/aromatic N) is 1. The number of carbonyl (C=O) groups is 2. The first-order valence-corrected chi connectivity index (χ1v) is 7.64. The molecule has 1 aliphatic carbocycles. The van der Waals surface area contributed by atoms with E-state index in [0.29, 0.717) is 13.0 Å². The van der Waals surface area contributed by atoms with Crippen molar-refractivity contribution >= 4 is 11.9 Å². The maximum Gasteiger partial charge on any atom is 0.329 e. The number of benzene rings is 1. The van der Waals surface area contributed by atoms with Crippen LogP contribution in [0.25, 0.3) is 0 Å². The predicted molar refractivity (Wildman–Crippen MR) is 78.9 cm³/mol. The molecule has 1 aliphatic heterocycles. The van der Waals surface area contributed by atoms with E-state index < -0.39 is 11.5 Å². The minimum absolute atomic E-state index is 0.0217. The van der Waals surface area contributed by atoms with Gasteiger partial charge in [0.1, 0.15) is 5.54 Å². The van der Waals surface area contributed by atoms with Crippen molar-refractivity contribution in [3.63, 3.8) is 0 Å². The fourth-order valence-electron chi connectivity index (χ4n) is 3.43. The Morgan fingerprint density at radius 3 is 2.62 bits per heavy atom. The zero-order valence-corrected chi connectivity index (χ0v) is 12.3.